The van der Waals surface area contributed by atoms with Crippen LogP contribution in [0.5, 0.6) is 11.5 Å². The summed E-state index contributed by atoms with van der Waals surface area (Å²) in [5.41, 5.74) is 1.33. The maximum atomic E-state index is 12.6. The topological polar surface area (TPSA) is 63.2 Å². The van der Waals surface area contributed by atoms with E-state index in [0.29, 0.717) is 39.3 Å². The van der Waals surface area contributed by atoms with Crippen molar-refractivity contribution in [3.05, 3.63) is 59.7 Å². The molecule has 0 saturated heterocycles. The maximum Gasteiger partial charge on any atom is 0.306 e. The van der Waals surface area contributed by atoms with Crippen molar-refractivity contribution < 1.29 is 28.5 Å². The zero-order chi connectivity index (χ0) is 27.2. The van der Waals surface area contributed by atoms with Crippen LogP contribution >= 0.6 is 0 Å². The summed E-state index contributed by atoms with van der Waals surface area (Å²) in [6, 6.07) is 16.3. The summed E-state index contributed by atoms with van der Waals surface area (Å²) in [7, 11) is 0. The molecule has 6 heteroatoms. The van der Waals surface area contributed by atoms with Crippen molar-refractivity contribution in [2.75, 3.05) is 39.6 Å². The van der Waals surface area contributed by atoms with Crippen LogP contribution in [0.4, 0.5) is 0 Å². The summed E-state index contributed by atoms with van der Waals surface area (Å²) in [5.74, 6) is 1.46. The normalized spacial score (nSPS) is 11.8. The van der Waals surface area contributed by atoms with Crippen LogP contribution in [0.2, 0.25) is 0 Å². The van der Waals surface area contributed by atoms with Gasteiger partial charge in [0.1, 0.15) is 17.1 Å². The molecule has 0 amide bonds. The Labute approximate surface area is 223 Å². The molecule has 0 spiro atoms. The molecule has 0 radical (unpaired) electrons. The third kappa shape index (κ3) is 11.1. The van der Waals surface area contributed by atoms with Gasteiger partial charge >= 0.3 is 5.97 Å². The summed E-state index contributed by atoms with van der Waals surface area (Å²) in [5, 5.41) is 0. The molecule has 0 aromatic heterocycles. The van der Waals surface area contributed by atoms with E-state index in [2.05, 4.69) is 31.2 Å². The highest BCUT2D eigenvalue weighted by atomic mass is 16.6. The molecule has 6 nitrogen and oxygen atoms in total. The van der Waals surface area contributed by atoms with Crippen LogP contribution in [0, 0.1) is 0 Å². The number of carbonyl (C=O) groups is 1. The largest absolute Gasteiger partial charge is 0.494 e. The lowest BCUT2D eigenvalue weighted by Gasteiger charge is -2.32. The van der Waals surface area contributed by atoms with Gasteiger partial charge in [-0.05, 0) is 76.4 Å². The summed E-state index contributed by atoms with van der Waals surface area (Å²) in [4.78, 5) is 12.6. The molecule has 2 aromatic carbocycles. The van der Waals surface area contributed by atoms with Gasteiger partial charge in [0.15, 0.2) is 0 Å². The molecule has 37 heavy (non-hydrogen) atoms. The highest BCUT2D eigenvalue weighted by Gasteiger charge is 2.31. The van der Waals surface area contributed by atoms with Crippen LogP contribution in [0.15, 0.2) is 48.5 Å². The molecule has 0 atom stereocenters. The second-order valence-electron chi connectivity index (χ2n) is 10.3. The van der Waals surface area contributed by atoms with Crippen molar-refractivity contribution in [3.63, 3.8) is 0 Å². The minimum atomic E-state index is -0.504. The zero-order valence-corrected chi connectivity index (χ0v) is 23.6. The first-order valence-corrected chi connectivity index (χ1v) is 13.5. The monoisotopic (exact) mass is 514 g/mol. The van der Waals surface area contributed by atoms with Crippen molar-refractivity contribution in [2.45, 2.75) is 78.2 Å². The quantitative estimate of drug-likeness (QED) is 0.172. The van der Waals surface area contributed by atoms with E-state index in [4.69, 9.17) is 23.7 Å². The molecule has 0 fully saturated rings. The number of hydrogen-bond donors (Lipinski definition) is 0. The van der Waals surface area contributed by atoms with E-state index in [1.54, 1.807) is 0 Å². The molecule has 0 N–H and O–H groups in total. The Morgan fingerprint density at radius 1 is 0.676 bits per heavy atom. The standard InChI is InChI=1S/C31H46O6/c1-7-33-21-9-23-35-27-15-11-25(12-16-27)31(6,20-19-29(32)37-30(3,4)5)26-13-17-28(18-14-26)36-24-10-22-34-8-2/h11-18H,7-10,19-24H2,1-6H3. The molecule has 2 rings (SSSR count). The lowest BCUT2D eigenvalue weighted by Crippen LogP contribution is -2.28. The van der Waals surface area contributed by atoms with E-state index < -0.39 is 11.0 Å². The van der Waals surface area contributed by atoms with Gasteiger partial charge in [-0.1, -0.05) is 31.2 Å². The summed E-state index contributed by atoms with van der Waals surface area (Å²) in [6.07, 6.45) is 2.64. The lowest BCUT2D eigenvalue weighted by molar-refractivity contribution is -0.155. The van der Waals surface area contributed by atoms with E-state index in [0.717, 1.165) is 48.7 Å². The van der Waals surface area contributed by atoms with Crippen molar-refractivity contribution in [3.8, 4) is 11.5 Å². The first-order chi connectivity index (χ1) is 17.7. The lowest BCUT2D eigenvalue weighted by atomic mass is 9.73. The van der Waals surface area contributed by atoms with Gasteiger partial charge in [-0.15, -0.1) is 0 Å². The fraction of sp³-hybridized carbons (Fsp3) is 0.581. The van der Waals surface area contributed by atoms with Crippen LogP contribution in [-0.4, -0.2) is 51.2 Å². The summed E-state index contributed by atoms with van der Waals surface area (Å²) < 4.78 is 28.1. The van der Waals surface area contributed by atoms with E-state index in [1.165, 1.54) is 0 Å². The Kier molecular flexibility index (Phi) is 12.9. The number of carbonyl (C=O) groups excluding carboxylic acids is 1. The minimum absolute atomic E-state index is 0.192. The average molecular weight is 515 g/mol. The van der Waals surface area contributed by atoms with Gasteiger partial charge in [-0.2, -0.15) is 0 Å². The van der Waals surface area contributed by atoms with E-state index in [1.807, 2.05) is 58.9 Å². The molecular formula is C31H46O6. The third-order valence-electron chi connectivity index (χ3n) is 6.04. The van der Waals surface area contributed by atoms with E-state index >= 15 is 0 Å². The van der Waals surface area contributed by atoms with Crippen molar-refractivity contribution in [1.29, 1.82) is 0 Å². The predicted octanol–water partition coefficient (Wildman–Crippen LogP) is 6.73. The van der Waals surface area contributed by atoms with Gasteiger partial charge in [-0.3, -0.25) is 4.79 Å². The Hall–Kier alpha value is -2.57. The van der Waals surface area contributed by atoms with Gasteiger partial charge < -0.3 is 23.7 Å². The minimum Gasteiger partial charge on any atom is -0.494 e. The molecule has 0 aliphatic rings. The van der Waals surface area contributed by atoms with Crippen LogP contribution in [-0.2, 0) is 24.4 Å². The molecule has 0 unspecified atom stereocenters. The van der Waals surface area contributed by atoms with Crippen LogP contribution in [0.25, 0.3) is 0 Å². The summed E-state index contributed by atoms with van der Waals surface area (Å²) >= 11 is 0. The van der Waals surface area contributed by atoms with Gasteiger partial charge in [0.25, 0.3) is 0 Å². The first kappa shape index (κ1) is 30.7. The van der Waals surface area contributed by atoms with Crippen LogP contribution in [0.3, 0.4) is 0 Å². The van der Waals surface area contributed by atoms with Crippen molar-refractivity contribution in [1.82, 2.24) is 0 Å². The molecule has 206 valence electrons. The number of ether oxygens (including phenoxy) is 5. The zero-order valence-electron chi connectivity index (χ0n) is 23.6. The molecule has 0 aliphatic heterocycles. The fourth-order valence-electron chi connectivity index (χ4n) is 4.03. The first-order valence-electron chi connectivity index (χ1n) is 13.5. The smallest absolute Gasteiger partial charge is 0.306 e. The Morgan fingerprint density at radius 2 is 1.11 bits per heavy atom. The average Bonchev–Trinajstić information content (AvgIpc) is 2.87. The van der Waals surface area contributed by atoms with Gasteiger partial charge in [0.2, 0.25) is 0 Å². The predicted molar refractivity (Wildman–Crippen MR) is 148 cm³/mol. The number of benzene rings is 2. The molecule has 0 bridgehead atoms. The van der Waals surface area contributed by atoms with Crippen molar-refractivity contribution in [2.24, 2.45) is 0 Å². The van der Waals surface area contributed by atoms with E-state index in [-0.39, 0.29) is 5.97 Å². The molecular weight excluding hydrogens is 468 g/mol. The number of rotatable bonds is 17. The van der Waals surface area contributed by atoms with Gasteiger partial charge in [0, 0.05) is 51.1 Å². The number of esters is 1. The van der Waals surface area contributed by atoms with Gasteiger partial charge in [0.05, 0.1) is 13.2 Å². The fourth-order valence-corrected chi connectivity index (χ4v) is 4.03. The second kappa shape index (κ2) is 15.6. The molecule has 0 saturated carbocycles. The maximum absolute atomic E-state index is 12.6. The van der Waals surface area contributed by atoms with Crippen LogP contribution < -0.4 is 9.47 Å². The van der Waals surface area contributed by atoms with Crippen molar-refractivity contribution >= 4 is 5.97 Å². The number of hydrogen-bond acceptors (Lipinski definition) is 6. The molecule has 0 heterocycles. The Bertz CT molecular complexity index is 841. The highest BCUT2D eigenvalue weighted by Crippen LogP contribution is 2.38. The van der Waals surface area contributed by atoms with Crippen LogP contribution in [0.1, 0.15) is 78.4 Å². The van der Waals surface area contributed by atoms with E-state index in [9.17, 15) is 4.79 Å². The Balaban J connectivity index is 2.15. The molecule has 0 aliphatic carbocycles. The highest BCUT2D eigenvalue weighted by molar-refractivity contribution is 5.70. The third-order valence-corrected chi connectivity index (χ3v) is 6.04. The second-order valence-corrected chi connectivity index (χ2v) is 10.3. The molecule has 2 aromatic rings. The SMILES string of the molecule is CCOCCCOc1ccc(C(C)(CCC(=O)OC(C)(C)C)c2ccc(OCCCOCC)cc2)cc1. The summed E-state index contributed by atoms with van der Waals surface area (Å²) in [6.45, 7) is 15.9. The van der Waals surface area contributed by atoms with Gasteiger partial charge in [-0.25, -0.2) is 0 Å². The Morgan fingerprint density at radius 3 is 1.49 bits per heavy atom.